The molecule has 1 aliphatic carbocycles. The number of aliphatic imine (C=N–C) groups is 1. The lowest BCUT2D eigenvalue weighted by atomic mass is 10.1. The molecule has 27 heavy (non-hydrogen) atoms. The molecule has 3 rings (SSSR count). The first-order valence-electron chi connectivity index (χ1n) is 10.0. The Morgan fingerprint density at radius 2 is 2.04 bits per heavy atom. The zero-order valence-electron chi connectivity index (χ0n) is 16.5. The third kappa shape index (κ3) is 5.45. The van der Waals surface area contributed by atoms with Crippen LogP contribution in [0.15, 0.2) is 29.3 Å². The van der Waals surface area contributed by atoms with Crippen LogP contribution in [0, 0.1) is 5.92 Å². The first-order valence-corrected chi connectivity index (χ1v) is 10.0. The first kappa shape index (κ1) is 19.7. The molecule has 0 radical (unpaired) electrons. The molecule has 1 unspecified atom stereocenters. The molecule has 1 saturated carbocycles. The van der Waals surface area contributed by atoms with Gasteiger partial charge in [0, 0.05) is 45.8 Å². The number of hydrogen-bond acceptors (Lipinski definition) is 3. The number of likely N-dealkylation sites (tertiary alicyclic amines) is 1. The maximum absolute atomic E-state index is 12.6. The Bertz CT molecular complexity index is 655. The second-order valence-electron chi connectivity index (χ2n) is 7.57. The van der Waals surface area contributed by atoms with Crippen LogP contribution in [0.25, 0.3) is 0 Å². The van der Waals surface area contributed by atoms with Gasteiger partial charge in [0.15, 0.2) is 5.96 Å². The second kappa shape index (κ2) is 9.74. The highest BCUT2D eigenvalue weighted by molar-refractivity contribution is 5.81. The molecular weight excluding hydrogens is 340 g/mol. The lowest BCUT2D eigenvalue weighted by Gasteiger charge is -2.21. The van der Waals surface area contributed by atoms with Gasteiger partial charge < -0.3 is 20.3 Å². The molecule has 2 fully saturated rings. The fourth-order valence-electron chi connectivity index (χ4n) is 4.08. The molecule has 6 nitrogen and oxygen atoms in total. The van der Waals surface area contributed by atoms with Crippen molar-refractivity contribution in [1.82, 2.24) is 15.5 Å². The number of amides is 1. The Kier molecular flexibility index (Phi) is 7.10. The molecule has 148 valence electrons. The Labute approximate surface area is 162 Å². The third-order valence-corrected chi connectivity index (χ3v) is 5.53. The predicted molar refractivity (Wildman–Crippen MR) is 107 cm³/mol. The van der Waals surface area contributed by atoms with Crippen LogP contribution in [0.2, 0.25) is 0 Å². The van der Waals surface area contributed by atoms with E-state index in [1.54, 1.807) is 14.2 Å². The summed E-state index contributed by atoms with van der Waals surface area (Å²) in [6.45, 7) is 2.95. The van der Waals surface area contributed by atoms with E-state index in [-0.39, 0.29) is 12.0 Å². The van der Waals surface area contributed by atoms with Crippen molar-refractivity contribution in [3.05, 3.63) is 35.4 Å². The Morgan fingerprint density at radius 1 is 1.26 bits per heavy atom. The van der Waals surface area contributed by atoms with E-state index in [9.17, 15) is 4.79 Å². The number of ether oxygens (including phenoxy) is 1. The molecule has 1 aromatic carbocycles. The smallest absolute Gasteiger partial charge is 0.225 e. The maximum atomic E-state index is 12.6. The largest absolute Gasteiger partial charge is 0.380 e. The Morgan fingerprint density at radius 3 is 2.78 bits per heavy atom. The normalized spacial score (nSPS) is 20.9. The van der Waals surface area contributed by atoms with Crippen molar-refractivity contribution in [3.8, 4) is 0 Å². The summed E-state index contributed by atoms with van der Waals surface area (Å²) in [4.78, 5) is 19.0. The third-order valence-electron chi connectivity index (χ3n) is 5.53. The summed E-state index contributed by atoms with van der Waals surface area (Å²) in [6.07, 6.45) is 5.52. The summed E-state index contributed by atoms with van der Waals surface area (Å²) in [5.41, 5.74) is 2.36. The highest BCUT2D eigenvalue weighted by atomic mass is 16.5. The summed E-state index contributed by atoms with van der Waals surface area (Å²) in [7, 11) is 3.49. The lowest BCUT2D eigenvalue weighted by Crippen LogP contribution is -2.45. The van der Waals surface area contributed by atoms with Crippen molar-refractivity contribution >= 4 is 11.9 Å². The van der Waals surface area contributed by atoms with Crippen molar-refractivity contribution in [3.63, 3.8) is 0 Å². The maximum Gasteiger partial charge on any atom is 0.225 e. The lowest BCUT2D eigenvalue weighted by molar-refractivity contribution is -0.134. The van der Waals surface area contributed by atoms with Gasteiger partial charge in [-0.25, -0.2) is 0 Å². The SMILES string of the molecule is CN=C(NCc1cccc(COC)c1)NC1CCN(C(=O)C2CCCC2)C1. The van der Waals surface area contributed by atoms with Crippen molar-refractivity contribution < 1.29 is 9.53 Å². The number of guanidine groups is 1. The van der Waals surface area contributed by atoms with Gasteiger partial charge in [0.25, 0.3) is 0 Å². The van der Waals surface area contributed by atoms with Crippen LogP contribution >= 0.6 is 0 Å². The van der Waals surface area contributed by atoms with E-state index in [0.29, 0.717) is 19.1 Å². The zero-order chi connectivity index (χ0) is 19.1. The highest BCUT2D eigenvalue weighted by Gasteiger charge is 2.32. The van der Waals surface area contributed by atoms with Crippen molar-refractivity contribution in [2.75, 3.05) is 27.2 Å². The Hall–Kier alpha value is -2.08. The van der Waals surface area contributed by atoms with Crippen LogP contribution in [-0.4, -0.2) is 50.1 Å². The number of carbonyl (C=O) groups excluding carboxylic acids is 1. The fourth-order valence-corrected chi connectivity index (χ4v) is 4.08. The van der Waals surface area contributed by atoms with Gasteiger partial charge in [-0.3, -0.25) is 9.79 Å². The standard InChI is InChI=1S/C21H32N4O2/c1-22-21(23-13-16-6-5-7-17(12-16)15-27-2)24-19-10-11-25(14-19)20(26)18-8-3-4-9-18/h5-7,12,18-19H,3-4,8-11,13-15H2,1-2H3,(H2,22,23,24). The van der Waals surface area contributed by atoms with E-state index in [4.69, 9.17) is 4.74 Å². The summed E-state index contributed by atoms with van der Waals surface area (Å²) in [6, 6.07) is 8.61. The van der Waals surface area contributed by atoms with Crippen molar-refractivity contribution in [2.24, 2.45) is 10.9 Å². The molecule has 0 spiro atoms. The van der Waals surface area contributed by atoms with Gasteiger partial charge in [-0.15, -0.1) is 0 Å². The van der Waals surface area contributed by atoms with Gasteiger partial charge in [0.2, 0.25) is 5.91 Å². The monoisotopic (exact) mass is 372 g/mol. The van der Waals surface area contributed by atoms with E-state index in [2.05, 4.69) is 33.8 Å². The summed E-state index contributed by atoms with van der Waals surface area (Å²) >= 11 is 0. The molecule has 0 aromatic heterocycles. The molecule has 6 heteroatoms. The minimum atomic E-state index is 0.264. The molecule has 1 heterocycles. The van der Waals surface area contributed by atoms with Crippen molar-refractivity contribution in [1.29, 1.82) is 0 Å². The molecule has 1 aromatic rings. The summed E-state index contributed by atoms with van der Waals surface area (Å²) < 4.78 is 5.20. The van der Waals surface area contributed by atoms with E-state index >= 15 is 0 Å². The number of nitrogens with one attached hydrogen (secondary N) is 2. The number of carbonyl (C=O) groups is 1. The van der Waals surface area contributed by atoms with Crippen LogP contribution in [0.4, 0.5) is 0 Å². The minimum absolute atomic E-state index is 0.264. The predicted octanol–water partition coefficient (Wildman–Crippen LogP) is 2.29. The van der Waals surface area contributed by atoms with Gasteiger partial charge >= 0.3 is 0 Å². The molecule has 2 aliphatic rings. The second-order valence-corrected chi connectivity index (χ2v) is 7.57. The number of hydrogen-bond donors (Lipinski definition) is 2. The van der Waals surface area contributed by atoms with Gasteiger partial charge in [-0.05, 0) is 30.4 Å². The fraction of sp³-hybridized carbons (Fsp3) is 0.619. The molecule has 1 aliphatic heterocycles. The molecule has 1 saturated heterocycles. The first-order chi connectivity index (χ1) is 13.2. The summed E-state index contributed by atoms with van der Waals surface area (Å²) in [5, 5.41) is 6.85. The Balaban J connectivity index is 1.46. The van der Waals surface area contributed by atoms with E-state index < -0.39 is 0 Å². The average Bonchev–Trinajstić information content (AvgIpc) is 3.37. The van der Waals surface area contributed by atoms with Crippen LogP contribution in [0.1, 0.15) is 43.2 Å². The average molecular weight is 373 g/mol. The molecular formula is C21H32N4O2. The minimum Gasteiger partial charge on any atom is -0.380 e. The van der Waals surface area contributed by atoms with E-state index in [1.165, 1.54) is 18.4 Å². The van der Waals surface area contributed by atoms with E-state index in [1.807, 2.05) is 11.0 Å². The molecule has 1 amide bonds. The molecule has 0 bridgehead atoms. The quantitative estimate of drug-likeness (QED) is 0.594. The molecule has 2 N–H and O–H groups in total. The number of rotatable bonds is 6. The van der Waals surface area contributed by atoms with E-state index in [0.717, 1.165) is 43.9 Å². The van der Waals surface area contributed by atoms with Crippen LogP contribution in [-0.2, 0) is 22.7 Å². The van der Waals surface area contributed by atoms with Crippen LogP contribution < -0.4 is 10.6 Å². The number of nitrogens with zero attached hydrogens (tertiary/aromatic N) is 2. The highest BCUT2D eigenvalue weighted by Crippen LogP contribution is 2.27. The number of benzene rings is 1. The van der Waals surface area contributed by atoms with Crippen LogP contribution in [0.5, 0.6) is 0 Å². The molecule has 1 atom stereocenters. The summed E-state index contributed by atoms with van der Waals surface area (Å²) in [5.74, 6) is 1.41. The van der Waals surface area contributed by atoms with Gasteiger partial charge in [0.1, 0.15) is 0 Å². The van der Waals surface area contributed by atoms with Gasteiger partial charge in [0.05, 0.1) is 6.61 Å². The topological polar surface area (TPSA) is 66.0 Å². The van der Waals surface area contributed by atoms with Crippen molar-refractivity contribution in [2.45, 2.75) is 51.3 Å². The van der Waals surface area contributed by atoms with Gasteiger partial charge in [-0.2, -0.15) is 0 Å². The zero-order valence-corrected chi connectivity index (χ0v) is 16.5. The number of methoxy groups -OCH3 is 1. The van der Waals surface area contributed by atoms with Crippen LogP contribution in [0.3, 0.4) is 0 Å². The van der Waals surface area contributed by atoms with Gasteiger partial charge in [-0.1, -0.05) is 37.1 Å².